The number of nitrogens with one attached hydrogen (secondary N) is 2. The van der Waals surface area contributed by atoms with Gasteiger partial charge in [-0.1, -0.05) is 24.3 Å². The Kier molecular flexibility index (Phi) is 4.38. The van der Waals surface area contributed by atoms with Gasteiger partial charge in [0, 0.05) is 23.3 Å². The summed E-state index contributed by atoms with van der Waals surface area (Å²) in [4.78, 5) is 28.4. The van der Waals surface area contributed by atoms with Gasteiger partial charge in [0.25, 0.3) is 0 Å². The normalized spacial score (nSPS) is 10.2. The highest BCUT2D eigenvalue weighted by molar-refractivity contribution is 6.44. The van der Waals surface area contributed by atoms with E-state index in [2.05, 4.69) is 15.6 Å². The van der Waals surface area contributed by atoms with E-state index in [1.165, 1.54) is 7.11 Å². The lowest BCUT2D eigenvalue weighted by molar-refractivity contribution is -0.132. The van der Waals surface area contributed by atoms with E-state index in [1.807, 2.05) is 18.2 Å². The van der Waals surface area contributed by atoms with Gasteiger partial charge in [0.15, 0.2) is 0 Å². The number of carbonyl (C=O) groups is 2. The number of amides is 2. The van der Waals surface area contributed by atoms with Crippen molar-refractivity contribution in [1.29, 1.82) is 0 Å². The van der Waals surface area contributed by atoms with Crippen molar-refractivity contribution in [3.63, 3.8) is 0 Å². The van der Waals surface area contributed by atoms with E-state index in [0.29, 0.717) is 22.6 Å². The van der Waals surface area contributed by atoms with Crippen LogP contribution < -0.4 is 15.4 Å². The van der Waals surface area contributed by atoms with Crippen molar-refractivity contribution in [3.8, 4) is 5.75 Å². The molecule has 0 saturated carbocycles. The summed E-state index contributed by atoms with van der Waals surface area (Å²) < 4.78 is 5.08. The molecule has 3 rings (SSSR count). The molecular formula is C18H15N3O3. The number of hydrogen-bond donors (Lipinski definition) is 2. The lowest BCUT2D eigenvalue weighted by atomic mass is 10.2. The molecule has 24 heavy (non-hydrogen) atoms. The first kappa shape index (κ1) is 15.5. The zero-order valence-corrected chi connectivity index (χ0v) is 12.9. The molecule has 0 aliphatic carbocycles. The van der Waals surface area contributed by atoms with Crippen LogP contribution in [0.2, 0.25) is 0 Å². The number of hydrogen-bond acceptors (Lipinski definition) is 4. The van der Waals surface area contributed by atoms with Crippen LogP contribution in [0.1, 0.15) is 0 Å². The fourth-order valence-corrected chi connectivity index (χ4v) is 2.27. The summed E-state index contributed by atoms with van der Waals surface area (Å²) in [5.74, 6) is -0.946. The Balaban J connectivity index is 1.75. The number of nitrogens with zero attached hydrogens (tertiary/aromatic N) is 1. The van der Waals surface area contributed by atoms with Crippen LogP contribution in [0.15, 0.2) is 60.8 Å². The Labute approximate surface area is 138 Å². The zero-order chi connectivity index (χ0) is 16.9. The summed E-state index contributed by atoms with van der Waals surface area (Å²) in [7, 11) is 1.53. The summed E-state index contributed by atoms with van der Waals surface area (Å²) >= 11 is 0. The van der Waals surface area contributed by atoms with Crippen LogP contribution in [-0.4, -0.2) is 23.9 Å². The average Bonchev–Trinajstić information content (AvgIpc) is 2.62. The minimum absolute atomic E-state index is 0.477. The van der Waals surface area contributed by atoms with Crippen molar-refractivity contribution in [1.82, 2.24) is 4.98 Å². The molecule has 1 aromatic heterocycles. The second-order valence-corrected chi connectivity index (χ2v) is 5.02. The van der Waals surface area contributed by atoms with E-state index in [0.717, 1.165) is 5.39 Å². The van der Waals surface area contributed by atoms with Crippen molar-refractivity contribution >= 4 is 34.1 Å². The largest absolute Gasteiger partial charge is 0.497 e. The van der Waals surface area contributed by atoms with Crippen molar-refractivity contribution in [3.05, 3.63) is 60.8 Å². The van der Waals surface area contributed by atoms with E-state index < -0.39 is 11.8 Å². The van der Waals surface area contributed by atoms with Gasteiger partial charge in [-0.3, -0.25) is 14.6 Å². The van der Waals surface area contributed by atoms with Crippen LogP contribution in [0.4, 0.5) is 11.4 Å². The number of ether oxygens (including phenoxy) is 1. The third-order valence-electron chi connectivity index (χ3n) is 3.41. The third kappa shape index (κ3) is 3.33. The van der Waals surface area contributed by atoms with Gasteiger partial charge in [-0.15, -0.1) is 0 Å². The number of methoxy groups -OCH3 is 1. The van der Waals surface area contributed by atoms with Crippen LogP contribution in [0.5, 0.6) is 5.75 Å². The summed E-state index contributed by atoms with van der Waals surface area (Å²) in [6.07, 6.45) is 1.63. The van der Waals surface area contributed by atoms with Gasteiger partial charge >= 0.3 is 11.8 Å². The number of benzene rings is 2. The third-order valence-corrected chi connectivity index (χ3v) is 3.41. The first-order valence-corrected chi connectivity index (χ1v) is 7.27. The van der Waals surface area contributed by atoms with Crippen molar-refractivity contribution < 1.29 is 14.3 Å². The number of fused-ring (bicyclic) bond motifs is 1. The molecule has 0 aliphatic heterocycles. The Bertz CT molecular complexity index is 903. The average molecular weight is 321 g/mol. The summed E-state index contributed by atoms with van der Waals surface area (Å²) in [5.41, 5.74) is 1.59. The first-order valence-electron chi connectivity index (χ1n) is 7.27. The van der Waals surface area contributed by atoms with Crippen LogP contribution in [0.3, 0.4) is 0 Å². The molecule has 0 bridgehead atoms. The highest BCUT2D eigenvalue weighted by Crippen LogP contribution is 2.21. The van der Waals surface area contributed by atoms with Crippen molar-refractivity contribution in [2.45, 2.75) is 0 Å². The molecule has 2 N–H and O–H groups in total. The van der Waals surface area contributed by atoms with E-state index in [1.54, 1.807) is 42.6 Å². The zero-order valence-electron chi connectivity index (χ0n) is 12.9. The number of pyridine rings is 1. The molecule has 6 nitrogen and oxygen atoms in total. The van der Waals surface area contributed by atoms with Gasteiger partial charge in [-0.05, 0) is 24.3 Å². The Morgan fingerprint density at radius 1 is 0.958 bits per heavy atom. The van der Waals surface area contributed by atoms with Crippen LogP contribution in [-0.2, 0) is 9.59 Å². The lowest BCUT2D eigenvalue weighted by Crippen LogP contribution is -2.29. The maximum Gasteiger partial charge on any atom is 0.314 e. The Hall–Kier alpha value is -3.41. The maximum absolute atomic E-state index is 12.1. The second kappa shape index (κ2) is 6.78. The number of para-hydroxylation sites is 1. The molecule has 0 saturated heterocycles. The van der Waals surface area contributed by atoms with E-state index in [9.17, 15) is 9.59 Å². The molecule has 3 aromatic rings. The molecule has 2 amide bonds. The minimum Gasteiger partial charge on any atom is -0.497 e. The quantitative estimate of drug-likeness (QED) is 0.727. The standard InChI is InChI=1S/C18H15N3O3/c1-24-14-8-3-7-13(11-14)20-17(22)18(23)21-15-9-2-5-12-6-4-10-19-16(12)15/h2-11H,1H3,(H,20,22)(H,21,23). The van der Waals surface area contributed by atoms with E-state index >= 15 is 0 Å². The van der Waals surface area contributed by atoms with Gasteiger partial charge in [-0.25, -0.2) is 0 Å². The highest BCUT2D eigenvalue weighted by Gasteiger charge is 2.15. The smallest absolute Gasteiger partial charge is 0.314 e. The highest BCUT2D eigenvalue weighted by atomic mass is 16.5. The molecule has 1 heterocycles. The fraction of sp³-hybridized carbons (Fsp3) is 0.0556. The van der Waals surface area contributed by atoms with Gasteiger partial charge in [0.2, 0.25) is 0 Å². The molecule has 0 spiro atoms. The number of carbonyl (C=O) groups excluding carboxylic acids is 2. The number of rotatable bonds is 3. The number of anilines is 2. The first-order chi connectivity index (χ1) is 11.7. The molecule has 2 aromatic carbocycles. The second-order valence-electron chi connectivity index (χ2n) is 5.02. The van der Waals surface area contributed by atoms with Gasteiger partial charge in [0.1, 0.15) is 5.75 Å². The fourth-order valence-electron chi connectivity index (χ4n) is 2.27. The topological polar surface area (TPSA) is 80.3 Å². The summed E-state index contributed by atoms with van der Waals surface area (Å²) in [6.45, 7) is 0. The minimum atomic E-state index is -0.768. The van der Waals surface area contributed by atoms with Crippen LogP contribution in [0.25, 0.3) is 10.9 Å². The predicted octanol–water partition coefficient (Wildman–Crippen LogP) is 2.82. The van der Waals surface area contributed by atoms with Crippen molar-refractivity contribution in [2.24, 2.45) is 0 Å². The van der Waals surface area contributed by atoms with Gasteiger partial charge < -0.3 is 15.4 Å². The number of aromatic nitrogens is 1. The Morgan fingerprint density at radius 2 is 1.71 bits per heavy atom. The maximum atomic E-state index is 12.1. The lowest BCUT2D eigenvalue weighted by Gasteiger charge is -2.09. The predicted molar refractivity (Wildman–Crippen MR) is 92.0 cm³/mol. The summed E-state index contributed by atoms with van der Waals surface area (Å²) in [5, 5.41) is 6.00. The summed E-state index contributed by atoms with van der Waals surface area (Å²) in [6, 6.07) is 15.8. The monoisotopic (exact) mass is 321 g/mol. The Morgan fingerprint density at radius 3 is 2.54 bits per heavy atom. The van der Waals surface area contributed by atoms with Gasteiger partial charge in [0.05, 0.1) is 18.3 Å². The van der Waals surface area contributed by atoms with Crippen LogP contribution >= 0.6 is 0 Å². The SMILES string of the molecule is COc1cccc(NC(=O)C(=O)Nc2cccc3cccnc23)c1. The molecular weight excluding hydrogens is 306 g/mol. The molecule has 120 valence electrons. The van der Waals surface area contributed by atoms with E-state index in [4.69, 9.17) is 4.74 Å². The molecule has 0 fully saturated rings. The van der Waals surface area contributed by atoms with Gasteiger partial charge in [-0.2, -0.15) is 0 Å². The molecule has 0 radical (unpaired) electrons. The van der Waals surface area contributed by atoms with Crippen LogP contribution in [0, 0.1) is 0 Å². The van der Waals surface area contributed by atoms with Crippen molar-refractivity contribution in [2.75, 3.05) is 17.7 Å². The molecule has 6 heteroatoms. The molecule has 0 unspecified atom stereocenters. The molecule has 0 atom stereocenters. The molecule has 0 aliphatic rings. The van der Waals surface area contributed by atoms with E-state index in [-0.39, 0.29) is 0 Å².